The van der Waals surface area contributed by atoms with Crippen molar-refractivity contribution in [2.24, 2.45) is 0 Å². The third kappa shape index (κ3) is 4.23. The first kappa shape index (κ1) is 14.4. The highest BCUT2D eigenvalue weighted by molar-refractivity contribution is 7.99. The van der Waals surface area contributed by atoms with Crippen molar-refractivity contribution in [1.82, 2.24) is 15.0 Å². The molecule has 0 bridgehead atoms. The Bertz CT molecular complexity index is 393. The molecular formula is C13H23N5S. The quantitative estimate of drug-likeness (QED) is 0.612. The van der Waals surface area contributed by atoms with Crippen LogP contribution in [0, 0.1) is 0 Å². The van der Waals surface area contributed by atoms with Gasteiger partial charge in [0, 0.05) is 25.4 Å². The minimum absolute atomic E-state index is 0.707. The minimum Gasteiger partial charge on any atom is -0.354 e. The van der Waals surface area contributed by atoms with E-state index in [2.05, 4.69) is 39.0 Å². The summed E-state index contributed by atoms with van der Waals surface area (Å²) in [7, 11) is 0. The first-order chi connectivity index (χ1) is 9.33. The first-order valence-corrected chi connectivity index (χ1v) is 8.19. The van der Waals surface area contributed by atoms with Gasteiger partial charge in [-0.25, -0.2) is 0 Å². The van der Waals surface area contributed by atoms with Gasteiger partial charge in [0.15, 0.2) is 5.16 Å². The van der Waals surface area contributed by atoms with E-state index in [9.17, 15) is 0 Å². The van der Waals surface area contributed by atoms with Gasteiger partial charge < -0.3 is 10.2 Å². The fourth-order valence-corrected chi connectivity index (χ4v) is 2.93. The third-order valence-corrected chi connectivity index (χ3v) is 3.99. The summed E-state index contributed by atoms with van der Waals surface area (Å²) in [5.41, 5.74) is 0. The van der Waals surface area contributed by atoms with Crippen molar-refractivity contribution in [2.45, 2.75) is 44.7 Å². The molecule has 0 radical (unpaired) electrons. The van der Waals surface area contributed by atoms with Crippen LogP contribution in [-0.2, 0) is 0 Å². The van der Waals surface area contributed by atoms with Crippen molar-refractivity contribution in [3.8, 4) is 0 Å². The topological polar surface area (TPSA) is 53.9 Å². The number of anilines is 2. The number of aromatic nitrogens is 3. The van der Waals surface area contributed by atoms with Crippen LogP contribution in [0.4, 0.5) is 11.9 Å². The second kappa shape index (κ2) is 7.53. The Morgan fingerprint density at radius 3 is 2.63 bits per heavy atom. The molecule has 0 atom stereocenters. The van der Waals surface area contributed by atoms with Crippen molar-refractivity contribution in [1.29, 1.82) is 0 Å². The summed E-state index contributed by atoms with van der Waals surface area (Å²) in [6, 6.07) is 0. The van der Waals surface area contributed by atoms with Crippen LogP contribution in [0.5, 0.6) is 0 Å². The number of thioether (sulfide) groups is 1. The van der Waals surface area contributed by atoms with E-state index in [0.717, 1.165) is 36.5 Å². The third-order valence-electron chi connectivity index (χ3n) is 3.06. The van der Waals surface area contributed by atoms with Gasteiger partial charge in [0.25, 0.3) is 0 Å². The summed E-state index contributed by atoms with van der Waals surface area (Å²) in [5, 5.41) is 4.05. The van der Waals surface area contributed by atoms with Crippen molar-refractivity contribution in [2.75, 3.05) is 35.6 Å². The highest BCUT2D eigenvalue weighted by atomic mass is 32.2. The number of nitrogens with zero attached hydrogens (tertiary/aromatic N) is 4. The molecule has 0 amide bonds. The zero-order valence-electron chi connectivity index (χ0n) is 11.9. The fourth-order valence-electron chi connectivity index (χ4n) is 2.01. The van der Waals surface area contributed by atoms with Gasteiger partial charge in [0.05, 0.1) is 0 Å². The van der Waals surface area contributed by atoms with Crippen LogP contribution in [0.3, 0.4) is 0 Å². The maximum atomic E-state index is 4.60. The van der Waals surface area contributed by atoms with E-state index in [-0.39, 0.29) is 0 Å². The Hall–Kier alpha value is -1.04. The van der Waals surface area contributed by atoms with Gasteiger partial charge in [-0.15, -0.1) is 0 Å². The van der Waals surface area contributed by atoms with Crippen molar-refractivity contribution < 1.29 is 0 Å². The molecule has 0 aromatic carbocycles. The molecule has 2 rings (SSSR count). The normalized spacial score (nSPS) is 14.9. The average molecular weight is 281 g/mol. The van der Waals surface area contributed by atoms with Gasteiger partial charge in [0.1, 0.15) is 0 Å². The standard InChI is InChI=1S/C13H23N5S/c1-3-5-10-19-13-16-11(14-4-2)15-12(17-13)18-8-6-7-9-18/h3-10H2,1-2H3,(H,14,15,16,17). The molecule has 0 saturated carbocycles. The maximum absolute atomic E-state index is 4.60. The molecule has 1 saturated heterocycles. The number of hydrogen-bond donors (Lipinski definition) is 1. The predicted octanol–water partition coefficient (Wildman–Crippen LogP) is 2.80. The molecule has 1 N–H and O–H groups in total. The van der Waals surface area contributed by atoms with E-state index >= 15 is 0 Å². The zero-order valence-corrected chi connectivity index (χ0v) is 12.7. The van der Waals surface area contributed by atoms with Gasteiger partial charge >= 0.3 is 0 Å². The Labute approximate surface area is 119 Å². The van der Waals surface area contributed by atoms with Crippen LogP contribution < -0.4 is 10.2 Å². The van der Waals surface area contributed by atoms with Crippen LogP contribution in [0.15, 0.2) is 5.16 Å². The number of hydrogen-bond acceptors (Lipinski definition) is 6. The lowest BCUT2D eigenvalue weighted by Gasteiger charge is -2.16. The molecule has 0 unspecified atom stereocenters. The second-order valence-electron chi connectivity index (χ2n) is 4.67. The van der Waals surface area contributed by atoms with E-state index in [4.69, 9.17) is 0 Å². The maximum Gasteiger partial charge on any atom is 0.231 e. The number of unbranched alkanes of at least 4 members (excludes halogenated alkanes) is 1. The summed E-state index contributed by atoms with van der Waals surface area (Å²) in [6.07, 6.45) is 4.88. The average Bonchev–Trinajstić information content (AvgIpc) is 2.93. The molecule has 5 nitrogen and oxygen atoms in total. The lowest BCUT2D eigenvalue weighted by Crippen LogP contribution is -2.21. The van der Waals surface area contributed by atoms with Crippen LogP contribution in [0.2, 0.25) is 0 Å². The SMILES string of the molecule is CCCCSc1nc(NCC)nc(N2CCCC2)n1. The largest absolute Gasteiger partial charge is 0.354 e. The van der Waals surface area contributed by atoms with Crippen LogP contribution >= 0.6 is 11.8 Å². The molecule has 1 aliphatic heterocycles. The molecule has 1 aromatic rings. The molecule has 0 aliphatic carbocycles. The molecule has 106 valence electrons. The van der Waals surface area contributed by atoms with Crippen molar-refractivity contribution in [3.05, 3.63) is 0 Å². The van der Waals surface area contributed by atoms with Crippen LogP contribution in [0.25, 0.3) is 0 Å². The Balaban J connectivity index is 2.11. The van der Waals surface area contributed by atoms with Gasteiger partial charge in [-0.2, -0.15) is 15.0 Å². The lowest BCUT2D eigenvalue weighted by atomic mass is 10.4. The molecular weight excluding hydrogens is 258 g/mol. The van der Waals surface area contributed by atoms with Gasteiger partial charge in [-0.3, -0.25) is 0 Å². The highest BCUT2D eigenvalue weighted by Crippen LogP contribution is 2.22. The molecule has 6 heteroatoms. The fraction of sp³-hybridized carbons (Fsp3) is 0.769. The Kier molecular flexibility index (Phi) is 5.69. The molecule has 19 heavy (non-hydrogen) atoms. The van der Waals surface area contributed by atoms with Gasteiger partial charge in [-0.05, 0) is 26.2 Å². The molecule has 1 aromatic heterocycles. The Morgan fingerprint density at radius 1 is 1.16 bits per heavy atom. The number of rotatable bonds is 7. The van der Waals surface area contributed by atoms with E-state index in [1.54, 1.807) is 11.8 Å². The minimum atomic E-state index is 0.707. The van der Waals surface area contributed by atoms with Crippen molar-refractivity contribution >= 4 is 23.7 Å². The molecule has 1 aliphatic rings. The van der Waals surface area contributed by atoms with Crippen LogP contribution in [0.1, 0.15) is 39.5 Å². The summed E-state index contributed by atoms with van der Waals surface area (Å²) >= 11 is 1.73. The Morgan fingerprint density at radius 2 is 1.95 bits per heavy atom. The molecule has 2 heterocycles. The van der Waals surface area contributed by atoms with Gasteiger partial charge in [-0.1, -0.05) is 25.1 Å². The molecule has 1 fully saturated rings. The second-order valence-corrected chi connectivity index (χ2v) is 5.73. The highest BCUT2D eigenvalue weighted by Gasteiger charge is 2.17. The van der Waals surface area contributed by atoms with Gasteiger partial charge in [0.2, 0.25) is 11.9 Å². The lowest BCUT2D eigenvalue weighted by molar-refractivity contribution is 0.823. The van der Waals surface area contributed by atoms with Crippen molar-refractivity contribution in [3.63, 3.8) is 0 Å². The van der Waals surface area contributed by atoms with E-state index in [1.807, 2.05) is 0 Å². The summed E-state index contributed by atoms with van der Waals surface area (Å²) in [5.74, 6) is 2.62. The summed E-state index contributed by atoms with van der Waals surface area (Å²) < 4.78 is 0. The monoisotopic (exact) mass is 281 g/mol. The van der Waals surface area contributed by atoms with E-state index < -0.39 is 0 Å². The number of nitrogens with one attached hydrogen (secondary N) is 1. The summed E-state index contributed by atoms with van der Waals surface area (Å²) in [4.78, 5) is 15.8. The van der Waals surface area contributed by atoms with E-state index in [1.165, 1.54) is 25.7 Å². The zero-order chi connectivity index (χ0) is 13.5. The smallest absolute Gasteiger partial charge is 0.231 e. The molecule has 0 spiro atoms. The summed E-state index contributed by atoms with van der Waals surface area (Å²) in [6.45, 7) is 7.22. The predicted molar refractivity (Wildman–Crippen MR) is 81.1 cm³/mol. The first-order valence-electron chi connectivity index (χ1n) is 7.21. The van der Waals surface area contributed by atoms with Crippen LogP contribution in [-0.4, -0.2) is 40.3 Å². The van der Waals surface area contributed by atoms with E-state index in [0.29, 0.717) is 5.95 Å².